The van der Waals surface area contributed by atoms with E-state index in [4.69, 9.17) is 0 Å². The average molecular weight is 316 g/mol. The molecule has 0 saturated carbocycles. The third kappa shape index (κ3) is 3.69. The Morgan fingerprint density at radius 3 is 3.18 bits per heavy atom. The van der Waals surface area contributed by atoms with Crippen molar-refractivity contribution < 1.29 is 4.79 Å². The number of carbonyl (C=O) groups is 1. The van der Waals surface area contributed by atoms with E-state index in [0.29, 0.717) is 12.8 Å². The number of likely N-dealkylation sites (N-methyl/N-ethyl adjacent to an activating group) is 1. The summed E-state index contributed by atoms with van der Waals surface area (Å²) in [4.78, 5) is 24.4. The topological polar surface area (TPSA) is 58.1 Å². The van der Waals surface area contributed by atoms with Crippen molar-refractivity contribution in [3.63, 3.8) is 0 Å². The number of aryl methyl sites for hydroxylation is 1. The molecule has 5 nitrogen and oxygen atoms in total. The summed E-state index contributed by atoms with van der Waals surface area (Å²) in [5.41, 5.74) is 2.23. The van der Waals surface area contributed by atoms with Crippen molar-refractivity contribution in [1.29, 1.82) is 0 Å². The summed E-state index contributed by atoms with van der Waals surface area (Å²) >= 11 is 1.61. The maximum Gasteiger partial charge on any atom is 0.226 e. The minimum Gasteiger partial charge on any atom is -0.302 e. The number of anilines is 1. The summed E-state index contributed by atoms with van der Waals surface area (Å²) in [5.74, 6) is 0.0160. The minimum absolute atomic E-state index is 0.0160. The summed E-state index contributed by atoms with van der Waals surface area (Å²) in [6, 6.07) is 3.88. The van der Waals surface area contributed by atoms with Crippen molar-refractivity contribution >= 4 is 22.4 Å². The van der Waals surface area contributed by atoms with E-state index in [1.807, 2.05) is 12.1 Å². The highest BCUT2D eigenvalue weighted by Crippen LogP contribution is 2.28. The van der Waals surface area contributed by atoms with E-state index in [1.165, 1.54) is 4.88 Å². The van der Waals surface area contributed by atoms with Crippen LogP contribution in [0.1, 0.15) is 29.5 Å². The molecule has 0 radical (unpaired) electrons. The summed E-state index contributed by atoms with van der Waals surface area (Å²) in [7, 11) is 0. The lowest BCUT2D eigenvalue weighted by Gasteiger charge is -2.23. The number of nitrogens with zero attached hydrogens (tertiary/aromatic N) is 3. The molecule has 1 aliphatic heterocycles. The van der Waals surface area contributed by atoms with Gasteiger partial charge >= 0.3 is 0 Å². The van der Waals surface area contributed by atoms with Gasteiger partial charge in [-0.3, -0.25) is 14.7 Å². The van der Waals surface area contributed by atoms with Crippen LogP contribution in [0.3, 0.4) is 0 Å². The zero-order valence-electron chi connectivity index (χ0n) is 12.7. The first kappa shape index (κ1) is 15.1. The molecule has 3 rings (SSSR count). The maximum absolute atomic E-state index is 12.0. The lowest BCUT2D eigenvalue weighted by atomic mass is 10.1. The van der Waals surface area contributed by atoms with Crippen molar-refractivity contribution in [3.05, 3.63) is 40.7 Å². The zero-order valence-corrected chi connectivity index (χ0v) is 13.5. The van der Waals surface area contributed by atoms with Crippen molar-refractivity contribution in [1.82, 2.24) is 14.9 Å². The van der Waals surface area contributed by atoms with Gasteiger partial charge in [0.1, 0.15) is 0 Å². The normalized spacial score (nSPS) is 14.6. The van der Waals surface area contributed by atoms with E-state index < -0.39 is 0 Å². The average Bonchev–Trinajstić information content (AvgIpc) is 2.95. The Labute approximate surface area is 134 Å². The van der Waals surface area contributed by atoms with Crippen molar-refractivity contribution in [2.24, 2.45) is 0 Å². The fraction of sp³-hybridized carbons (Fsp3) is 0.438. The number of rotatable bonds is 5. The molecule has 0 saturated heterocycles. The van der Waals surface area contributed by atoms with Gasteiger partial charge in [0.15, 0.2) is 5.13 Å². The van der Waals surface area contributed by atoms with Crippen LogP contribution in [-0.4, -0.2) is 33.9 Å². The fourth-order valence-corrected chi connectivity index (χ4v) is 3.62. The Balaban J connectivity index is 1.55. The van der Waals surface area contributed by atoms with Gasteiger partial charge in [-0.1, -0.05) is 13.0 Å². The molecule has 1 N–H and O–H groups in total. The van der Waals surface area contributed by atoms with Gasteiger partial charge in [0.25, 0.3) is 0 Å². The molecule has 6 heteroatoms. The molecule has 0 spiro atoms. The number of thiazole rings is 1. The fourth-order valence-electron chi connectivity index (χ4n) is 2.56. The number of amides is 1. The molecule has 0 atom stereocenters. The van der Waals surface area contributed by atoms with Crippen molar-refractivity contribution in [2.75, 3.05) is 18.4 Å². The Kier molecular flexibility index (Phi) is 4.80. The molecule has 0 bridgehead atoms. The standard InChI is InChI=1S/C16H20N4OS/c1-2-20-9-7-13-14(11-20)22-16(18-13)19-15(21)6-5-12-4-3-8-17-10-12/h3-4,8,10H,2,5-7,9,11H2,1H3,(H,18,19,21). The third-order valence-electron chi connectivity index (χ3n) is 3.87. The largest absolute Gasteiger partial charge is 0.302 e. The Hall–Kier alpha value is -1.79. The summed E-state index contributed by atoms with van der Waals surface area (Å²) < 4.78 is 0. The Bertz CT molecular complexity index is 641. The van der Waals surface area contributed by atoms with Crippen LogP contribution in [0, 0.1) is 0 Å². The van der Waals surface area contributed by atoms with Crippen molar-refractivity contribution in [3.8, 4) is 0 Å². The second-order valence-electron chi connectivity index (χ2n) is 5.42. The second-order valence-corrected chi connectivity index (χ2v) is 6.50. The Morgan fingerprint density at radius 1 is 1.50 bits per heavy atom. The number of fused-ring (bicyclic) bond motifs is 1. The maximum atomic E-state index is 12.0. The molecule has 3 heterocycles. The zero-order chi connectivity index (χ0) is 15.4. The molecule has 0 aliphatic carbocycles. The van der Waals surface area contributed by atoms with Gasteiger partial charge in [0.2, 0.25) is 5.91 Å². The number of pyridine rings is 1. The van der Waals surface area contributed by atoms with Crippen LogP contribution in [0.4, 0.5) is 5.13 Å². The van der Waals surface area contributed by atoms with Crippen molar-refractivity contribution in [2.45, 2.75) is 32.7 Å². The molecular weight excluding hydrogens is 296 g/mol. The first-order chi connectivity index (χ1) is 10.7. The Morgan fingerprint density at radius 2 is 2.41 bits per heavy atom. The molecule has 2 aromatic rings. The number of hydrogen-bond donors (Lipinski definition) is 1. The molecule has 1 aliphatic rings. The highest BCUT2D eigenvalue weighted by molar-refractivity contribution is 7.15. The number of aromatic nitrogens is 2. The number of hydrogen-bond acceptors (Lipinski definition) is 5. The van der Waals surface area contributed by atoms with Gasteiger partial charge in [-0.05, 0) is 24.6 Å². The van der Waals surface area contributed by atoms with Gasteiger partial charge in [-0.2, -0.15) is 0 Å². The number of carbonyl (C=O) groups excluding carboxylic acids is 1. The quantitative estimate of drug-likeness (QED) is 0.921. The second kappa shape index (κ2) is 6.98. The lowest BCUT2D eigenvalue weighted by molar-refractivity contribution is -0.116. The van der Waals surface area contributed by atoms with Crippen LogP contribution in [0.5, 0.6) is 0 Å². The van der Waals surface area contributed by atoms with Gasteiger partial charge in [-0.15, -0.1) is 11.3 Å². The molecule has 0 aromatic carbocycles. The number of nitrogens with one attached hydrogen (secondary N) is 1. The lowest BCUT2D eigenvalue weighted by Crippen LogP contribution is -2.29. The van der Waals surface area contributed by atoms with Crippen LogP contribution < -0.4 is 5.32 Å². The van der Waals surface area contributed by atoms with E-state index in [1.54, 1.807) is 23.7 Å². The third-order valence-corrected chi connectivity index (χ3v) is 4.87. The summed E-state index contributed by atoms with van der Waals surface area (Å²) in [6.07, 6.45) is 5.68. The van der Waals surface area contributed by atoms with E-state index in [0.717, 1.165) is 42.4 Å². The summed E-state index contributed by atoms with van der Waals surface area (Å²) in [5, 5.41) is 3.67. The molecule has 116 valence electrons. The highest BCUT2D eigenvalue weighted by atomic mass is 32.1. The van der Waals surface area contributed by atoms with Crippen LogP contribution in [-0.2, 0) is 24.2 Å². The monoisotopic (exact) mass is 316 g/mol. The van der Waals surface area contributed by atoms with Gasteiger partial charge in [0.05, 0.1) is 5.69 Å². The van der Waals surface area contributed by atoms with E-state index in [2.05, 4.69) is 27.1 Å². The van der Waals surface area contributed by atoms with E-state index >= 15 is 0 Å². The smallest absolute Gasteiger partial charge is 0.226 e. The molecule has 1 amide bonds. The van der Waals surface area contributed by atoms with E-state index in [9.17, 15) is 4.79 Å². The predicted octanol–water partition coefficient (Wildman–Crippen LogP) is 2.49. The molecular formula is C16H20N4OS. The van der Waals surface area contributed by atoms with Gasteiger partial charge in [-0.25, -0.2) is 4.98 Å². The van der Waals surface area contributed by atoms with Crippen LogP contribution >= 0.6 is 11.3 Å². The minimum atomic E-state index is 0.0160. The highest BCUT2D eigenvalue weighted by Gasteiger charge is 2.20. The molecule has 0 unspecified atom stereocenters. The molecule has 0 fully saturated rings. The van der Waals surface area contributed by atoms with E-state index in [-0.39, 0.29) is 5.91 Å². The molecule has 22 heavy (non-hydrogen) atoms. The van der Waals surface area contributed by atoms with Gasteiger partial charge in [0, 0.05) is 43.2 Å². The first-order valence-corrected chi connectivity index (χ1v) is 8.46. The van der Waals surface area contributed by atoms with Crippen LogP contribution in [0.2, 0.25) is 0 Å². The van der Waals surface area contributed by atoms with Crippen LogP contribution in [0.15, 0.2) is 24.5 Å². The summed E-state index contributed by atoms with van der Waals surface area (Å²) in [6.45, 7) is 5.24. The SMILES string of the molecule is CCN1CCc2nc(NC(=O)CCc3cccnc3)sc2C1. The molecule has 2 aromatic heterocycles. The first-order valence-electron chi connectivity index (χ1n) is 7.64. The predicted molar refractivity (Wildman–Crippen MR) is 88.0 cm³/mol. The van der Waals surface area contributed by atoms with Crippen LogP contribution in [0.25, 0.3) is 0 Å². The van der Waals surface area contributed by atoms with Gasteiger partial charge < -0.3 is 5.32 Å².